The van der Waals surface area contributed by atoms with Crippen LogP contribution in [0.3, 0.4) is 0 Å². The van der Waals surface area contributed by atoms with Gasteiger partial charge in [0.05, 0.1) is 45.1 Å². The number of rotatable bonds is 5. The number of benzene rings is 3. The molecule has 0 bridgehead atoms. The third kappa shape index (κ3) is 4.45. The molecule has 0 unspecified atom stereocenters. The second kappa shape index (κ2) is 8.91. The summed E-state index contributed by atoms with van der Waals surface area (Å²) in [5.41, 5.74) is 4.56. The maximum absolute atomic E-state index is 6.26. The summed E-state index contributed by atoms with van der Waals surface area (Å²) in [7, 11) is 1.65. The number of nitrogens with zero attached hydrogens (tertiary/aromatic N) is 2. The van der Waals surface area contributed by atoms with Crippen LogP contribution in [-0.2, 0) is 6.54 Å². The maximum atomic E-state index is 6.26. The molecule has 7 heteroatoms. The lowest BCUT2D eigenvalue weighted by molar-refractivity contribution is 0.414. The van der Waals surface area contributed by atoms with Gasteiger partial charge in [-0.05, 0) is 48.0 Å². The molecule has 0 saturated carbocycles. The van der Waals surface area contributed by atoms with E-state index in [0.717, 1.165) is 33.8 Å². The molecule has 4 rings (SSSR count). The first-order valence-electron chi connectivity index (χ1n) is 9.06. The number of halogens is 4. The van der Waals surface area contributed by atoms with E-state index in [0.29, 0.717) is 26.6 Å². The van der Waals surface area contributed by atoms with E-state index in [1.807, 2.05) is 59.3 Å². The highest BCUT2D eigenvalue weighted by Crippen LogP contribution is 2.33. The molecule has 0 radical (unpaired) electrons. The monoisotopic (exact) mass is 476 g/mol. The number of hydrogen-bond donors (Lipinski definition) is 0. The van der Waals surface area contributed by atoms with Crippen LogP contribution in [0.25, 0.3) is 22.5 Å². The smallest absolute Gasteiger partial charge is 0.118 e. The van der Waals surface area contributed by atoms with Gasteiger partial charge in [-0.1, -0.05) is 70.7 Å². The predicted molar refractivity (Wildman–Crippen MR) is 125 cm³/mol. The second-order valence-corrected chi connectivity index (χ2v) is 8.31. The number of methoxy groups -OCH3 is 1. The van der Waals surface area contributed by atoms with Crippen LogP contribution in [0.5, 0.6) is 5.75 Å². The first-order chi connectivity index (χ1) is 14.4. The average Bonchev–Trinajstić information content (AvgIpc) is 3.16. The van der Waals surface area contributed by atoms with Crippen LogP contribution in [0.4, 0.5) is 0 Å². The molecule has 0 atom stereocenters. The Balaban J connectivity index is 1.79. The third-order valence-corrected chi connectivity index (χ3v) is 6.18. The molecule has 1 heterocycles. The first kappa shape index (κ1) is 21.1. The van der Waals surface area contributed by atoms with Gasteiger partial charge in [-0.3, -0.25) is 4.68 Å². The molecule has 152 valence electrons. The minimum Gasteiger partial charge on any atom is -0.497 e. The van der Waals surface area contributed by atoms with Gasteiger partial charge in [-0.15, -0.1) is 0 Å². The van der Waals surface area contributed by atoms with Gasteiger partial charge in [0, 0.05) is 11.1 Å². The van der Waals surface area contributed by atoms with Crippen LogP contribution < -0.4 is 4.74 Å². The van der Waals surface area contributed by atoms with Crippen molar-refractivity contribution < 1.29 is 4.74 Å². The van der Waals surface area contributed by atoms with E-state index >= 15 is 0 Å². The normalized spacial score (nSPS) is 11.0. The van der Waals surface area contributed by atoms with Crippen molar-refractivity contribution in [3.8, 4) is 28.3 Å². The molecule has 3 aromatic carbocycles. The van der Waals surface area contributed by atoms with Crippen molar-refractivity contribution in [2.45, 2.75) is 6.54 Å². The van der Waals surface area contributed by atoms with Crippen LogP contribution in [-0.4, -0.2) is 16.9 Å². The zero-order valence-corrected chi connectivity index (χ0v) is 18.9. The second-order valence-electron chi connectivity index (χ2n) is 6.68. The molecule has 30 heavy (non-hydrogen) atoms. The molecule has 4 aromatic rings. The van der Waals surface area contributed by atoms with Gasteiger partial charge in [0.15, 0.2) is 0 Å². The summed E-state index contributed by atoms with van der Waals surface area (Å²) in [6, 6.07) is 20.9. The van der Waals surface area contributed by atoms with E-state index in [-0.39, 0.29) is 0 Å². The van der Waals surface area contributed by atoms with Gasteiger partial charge >= 0.3 is 0 Å². The molecule has 0 N–H and O–H groups in total. The summed E-state index contributed by atoms with van der Waals surface area (Å²) in [5.74, 6) is 0.806. The molecule has 0 amide bonds. The SMILES string of the molecule is COc1ccc(Cn2nc(-c3ccc(Cl)c(Cl)c3)cc2-c2ccc(Cl)c(Cl)c2)cc1. The Bertz CT molecular complexity index is 1200. The van der Waals surface area contributed by atoms with Gasteiger partial charge in [0.1, 0.15) is 5.75 Å². The Labute approximate surface area is 194 Å². The first-order valence-corrected chi connectivity index (χ1v) is 10.6. The Morgan fingerprint density at radius 1 is 0.733 bits per heavy atom. The van der Waals surface area contributed by atoms with Gasteiger partial charge in [0.25, 0.3) is 0 Å². The van der Waals surface area contributed by atoms with Crippen molar-refractivity contribution in [2.75, 3.05) is 7.11 Å². The van der Waals surface area contributed by atoms with Crippen LogP contribution in [0, 0.1) is 0 Å². The molecule has 0 saturated heterocycles. The minimum atomic E-state index is 0.481. The van der Waals surface area contributed by atoms with E-state index in [1.165, 1.54) is 0 Å². The highest BCUT2D eigenvalue weighted by atomic mass is 35.5. The van der Waals surface area contributed by atoms with Crippen LogP contribution >= 0.6 is 46.4 Å². The van der Waals surface area contributed by atoms with E-state index in [4.69, 9.17) is 56.2 Å². The van der Waals surface area contributed by atoms with Crippen molar-refractivity contribution in [1.29, 1.82) is 0 Å². The lowest BCUT2D eigenvalue weighted by atomic mass is 10.1. The molecular weight excluding hydrogens is 462 g/mol. The highest BCUT2D eigenvalue weighted by Gasteiger charge is 2.14. The zero-order valence-electron chi connectivity index (χ0n) is 15.9. The fourth-order valence-corrected chi connectivity index (χ4v) is 3.72. The van der Waals surface area contributed by atoms with Crippen molar-refractivity contribution in [3.63, 3.8) is 0 Å². The number of hydrogen-bond acceptors (Lipinski definition) is 2. The Morgan fingerprint density at radius 2 is 1.33 bits per heavy atom. The summed E-state index contributed by atoms with van der Waals surface area (Å²) < 4.78 is 7.18. The molecule has 3 nitrogen and oxygen atoms in total. The van der Waals surface area contributed by atoms with Crippen LogP contribution in [0.1, 0.15) is 5.56 Å². The van der Waals surface area contributed by atoms with Gasteiger partial charge < -0.3 is 4.74 Å². The summed E-state index contributed by atoms with van der Waals surface area (Å²) in [4.78, 5) is 0. The van der Waals surface area contributed by atoms with Crippen molar-refractivity contribution in [3.05, 3.63) is 92.4 Å². The standard InChI is InChI=1S/C23H16Cl4N2O/c1-30-17-6-2-14(3-7-17)13-29-23(16-5-9-19(25)21(27)11-16)12-22(28-29)15-4-8-18(24)20(26)10-15/h2-12H,13H2,1H3. The highest BCUT2D eigenvalue weighted by molar-refractivity contribution is 6.42. The fraction of sp³-hybridized carbons (Fsp3) is 0.0870. The maximum Gasteiger partial charge on any atom is 0.118 e. The zero-order chi connectivity index (χ0) is 21.3. The lowest BCUT2D eigenvalue weighted by Crippen LogP contribution is -2.04. The average molecular weight is 478 g/mol. The van der Waals surface area contributed by atoms with E-state index in [2.05, 4.69) is 0 Å². The summed E-state index contributed by atoms with van der Waals surface area (Å²) in [5, 5.41) is 6.80. The summed E-state index contributed by atoms with van der Waals surface area (Å²) in [6.45, 7) is 0.570. The number of ether oxygens (including phenoxy) is 1. The predicted octanol–water partition coefficient (Wildman–Crippen LogP) is 7.89. The van der Waals surface area contributed by atoms with Crippen molar-refractivity contribution in [2.24, 2.45) is 0 Å². The van der Waals surface area contributed by atoms with Crippen molar-refractivity contribution >= 4 is 46.4 Å². The van der Waals surface area contributed by atoms with E-state index < -0.39 is 0 Å². The Kier molecular flexibility index (Phi) is 6.26. The molecule has 0 aliphatic heterocycles. The fourth-order valence-electron chi connectivity index (χ4n) is 3.13. The van der Waals surface area contributed by atoms with Gasteiger partial charge in [-0.2, -0.15) is 5.10 Å². The number of aromatic nitrogens is 2. The molecule has 0 fully saturated rings. The Morgan fingerprint density at radius 3 is 1.93 bits per heavy atom. The topological polar surface area (TPSA) is 27.1 Å². The van der Waals surface area contributed by atoms with Crippen LogP contribution in [0.2, 0.25) is 20.1 Å². The molecule has 0 aliphatic carbocycles. The van der Waals surface area contributed by atoms with E-state index in [1.54, 1.807) is 19.2 Å². The minimum absolute atomic E-state index is 0.481. The third-order valence-electron chi connectivity index (χ3n) is 4.70. The lowest BCUT2D eigenvalue weighted by Gasteiger charge is -2.09. The Hall–Kier alpha value is -2.17. The summed E-state index contributed by atoms with van der Waals surface area (Å²) >= 11 is 24.7. The van der Waals surface area contributed by atoms with Crippen LogP contribution in [0.15, 0.2) is 66.7 Å². The molecular formula is C23H16Cl4N2O. The van der Waals surface area contributed by atoms with Crippen molar-refractivity contribution in [1.82, 2.24) is 9.78 Å². The van der Waals surface area contributed by atoms with Gasteiger partial charge in [0.2, 0.25) is 0 Å². The molecule has 0 spiro atoms. The van der Waals surface area contributed by atoms with E-state index in [9.17, 15) is 0 Å². The quantitative estimate of drug-likeness (QED) is 0.292. The van der Waals surface area contributed by atoms with Gasteiger partial charge in [-0.25, -0.2) is 0 Å². The molecule has 0 aliphatic rings. The largest absolute Gasteiger partial charge is 0.497 e. The molecule has 1 aromatic heterocycles. The summed E-state index contributed by atoms with van der Waals surface area (Å²) in [6.07, 6.45) is 0.